The molecular weight excluding hydrogens is 480 g/mol. The summed E-state index contributed by atoms with van der Waals surface area (Å²) >= 11 is 0. The van der Waals surface area contributed by atoms with Gasteiger partial charge in [0.15, 0.2) is 0 Å². The van der Waals surface area contributed by atoms with Gasteiger partial charge in [-0.1, -0.05) is 155 Å². The molecule has 39 heavy (non-hydrogen) atoms. The van der Waals surface area contributed by atoms with E-state index in [1.54, 1.807) is 0 Å². The summed E-state index contributed by atoms with van der Waals surface area (Å²) in [4.78, 5) is 25.0. The fourth-order valence-electron chi connectivity index (χ4n) is 6.12. The molecule has 0 saturated heterocycles. The van der Waals surface area contributed by atoms with Crippen LogP contribution in [-0.4, -0.2) is 23.9 Å². The molecule has 2 unspecified atom stereocenters. The molecule has 0 radical (unpaired) electrons. The number of rotatable bonds is 28. The number of amides is 2. The predicted octanol–water partition coefficient (Wildman–Crippen LogP) is 10.3. The molecule has 0 spiro atoms. The molecule has 230 valence electrons. The number of unbranched alkanes of at least 4 members (excludes halogenated alkanes) is 22. The van der Waals surface area contributed by atoms with E-state index < -0.39 is 0 Å². The van der Waals surface area contributed by atoms with Crippen LogP contribution in [0.4, 0.5) is 0 Å². The lowest BCUT2D eigenvalue weighted by molar-refractivity contribution is -0.124. The van der Waals surface area contributed by atoms with Crippen LogP contribution in [0.25, 0.3) is 0 Å². The third-order valence-electron chi connectivity index (χ3n) is 8.72. The summed E-state index contributed by atoms with van der Waals surface area (Å²) in [7, 11) is 0. The molecule has 1 aliphatic rings. The Labute approximate surface area is 244 Å². The maximum Gasteiger partial charge on any atom is 0.220 e. The van der Waals surface area contributed by atoms with Crippen molar-refractivity contribution < 1.29 is 9.59 Å². The van der Waals surface area contributed by atoms with Gasteiger partial charge in [0.2, 0.25) is 11.8 Å². The molecule has 0 aliphatic heterocycles. The first-order valence-electron chi connectivity index (χ1n) is 17.8. The first-order valence-corrected chi connectivity index (χ1v) is 17.8. The Morgan fingerprint density at radius 2 is 0.692 bits per heavy atom. The van der Waals surface area contributed by atoms with E-state index in [1.807, 2.05) is 0 Å². The normalized spacial score (nSPS) is 17.0. The van der Waals surface area contributed by atoms with Gasteiger partial charge in [-0.15, -0.1) is 0 Å². The third-order valence-corrected chi connectivity index (χ3v) is 8.72. The molecular formula is C35H68N2O2. The largest absolute Gasteiger partial charge is 0.351 e. The van der Waals surface area contributed by atoms with Crippen molar-refractivity contribution in [2.75, 3.05) is 0 Å². The molecule has 1 saturated carbocycles. The van der Waals surface area contributed by atoms with E-state index in [4.69, 9.17) is 0 Å². The Hall–Kier alpha value is -1.06. The van der Waals surface area contributed by atoms with E-state index >= 15 is 0 Å². The first-order chi connectivity index (χ1) is 19.2. The highest BCUT2D eigenvalue weighted by molar-refractivity contribution is 5.78. The fourth-order valence-corrected chi connectivity index (χ4v) is 6.12. The number of hydrogen-bond acceptors (Lipinski definition) is 2. The van der Waals surface area contributed by atoms with Crippen LogP contribution in [0.5, 0.6) is 0 Å². The number of carbonyl (C=O) groups excluding carboxylic acids is 2. The summed E-state index contributed by atoms with van der Waals surface area (Å²) in [6.45, 7) is 4.55. The predicted molar refractivity (Wildman–Crippen MR) is 169 cm³/mol. The zero-order chi connectivity index (χ0) is 28.2. The number of hydrogen-bond donors (Lipinski definition) is 2. The summed E-state index contributed by atoms with van der Waals surface area (Å²) in [5, 5.41) is 6.47. The molecule has 1 rings (SSSR count). The molecule has 0 heterocycles. The zero-order valence-corrected chi connectivity index (χ0v) is 26.5. The van der Waals surface area contributed by atoms with E-state index in [2.05, 4.69) is 24.5 Å². The molecule has 1 fully saturated rings. The Morgan fingerprint density at radius 1 is 0.436 bits per heavy atom. The molecule has 0 aromatic carbocycles. The van der Waals surface area contributed by atoms with Crippen molar-refractivity contribution in [3.8, 4) is 0 Å². The van der Waals surface area contributed by atoms with Crippen LogP contribution in [0, 0.1) is 0 Å². The lowest BCUT2D eigenvalue weighted by atomic mass is 10.0. The highest BCUT2D eigenvalue weighted by Gasteiger charge is 2.29. The van der Waals surface area contributed by atoms with Gasteiger partial charge in [-0.05, 0) is 32.1 Å². The molecule has 1 aliphatic carbocycles. The van der Waals surface area contributed by atoms with Gasteiger partial charge in [-0.2, -0.15) is 0 Å². The van der Waals surface area contributed by atoms with Gasteiger partial charge >= 0.3 is 0 Å². The van der Waals surface area contributed by atoms with Crippen molar-refractivity contribution in [1.82, 2.24) is 10.6 Å². The maximum absolute atomic E-state index is 12.5. The van der Waals surface area contributed by atoms with Gasteiger partial charge in [0.1, 0.15) is 0 Å². The molecule has 0 aromatic rings. The smallest absolute Gasteiger partial charge is 0.220 e. The van der Waals surface area contributed by atoms with Crippen LogP contribution in [0.2, 0.25) is 0 Å². The van der Waals surface area contributed by atoms with E-state index in [0.717, 1.165) is 44.9 Å². The zero-order valence-electron chi connectivity index (χ0n) is 26.5. The van der Waals surface area contributed by atoms with Crippen molar-refractivity contribution >= 4 is 11.8 Å². The van der Waals surface area contributed by atoms with E-state index in [0.29, 0.717) is 12.8 Å². The molecule has 0 aromatic heterocycles. The van der Waals surface area contributed by atoms with Crippen molar-refractivity contribution in [2.45, 2.75) is 212 Å². The van der Waals surface area contributed by atoms with Crippen LogP contribution in [0.15, 0.2) is 0 Å². The Balaban J connectivity index is 1.96. The van der Waals surface area contributed by atoms with Crippen LogP contribution in [0.3, 0.4) is 0 Å². The molecule has 0 bridgehead atoms. The van der Waals surface area contributed by atoms with Crippen molar-refractivity contribution in [2.24, 2.45) is 0 Å². The summed E-state index contributed by atoms with van der Waals surface area (Å²) in [6.07, 6.45) is 35.9. The summed E-state index contributed by atoms with van der Waals surface area (Å²) < 4.78 is 0. The van der Waals surface area contributed by atoms with E-state index in [9.17, 15) is 9.59 Å². The minimum absolute atomic E-state index is 0.126. The minimum atomic E-state index is 0.126. The standard InChI is InChI=1S/C35H68N2O2/c1-3-5-7-9-11-13-15-17-19-21-23-25-30-34(38)36-32-28-27-29-33(32)37-35(39)31-26-24-22-20-18-16-14-12-10-8-6-4-2/h32-33H,3-31H2,1-2H3,(H,36,38)(H,37,39). The average Bonchev–Trinajstić information content (AvgIpc) is 3.35. The van der Waals surface area contributed by atoms with Crippen molar-refractivity contribution in [3.05, 3.63) is 0 Å². The van der Waals surface area contributed by atoms with Gasteiger partial charge < -0.3 is 10.6 Å². The topological polar surface area (TPSA) is 58.2 Å². The highest BCUT2D eigenvalue weighted by Crippen LogP contribution is 2.20. The summed E-state index contributed by atoms with van der Waals surface area (Å²) in [5.41, 5.74) is 0. The lowest BCUT2D eigenvalue weighted by Gasteiger charge is -2.22. The van der Waals surface area contributed by atoms with Crippen LogP contribution in [0.1, 0.15) is 200 Å². The number of carbonyl (C=O) groups is 2. The number of nitrogens with one attached hydrogen (secondary N) is 2. The summed E-state index contributed by atoms with van der Waals surface area (Å²) in [5.74, 6) is 0.350. The first kappa shape index (κ1) is 36.0. The minimum Gasteiger partial charge on any atom is -0.351 e. The van der Waals surface area contributed by atoms with Gasteiger partial charge in [0, 0.05) is 24.9 Å². The second-order valence-corrected chi connectivity index (χ2v) is 12.6. The monoisotopic (exact) mass is 549 g/mol. The lowest BCUT2D eigenvalue weighted by Crippen LogP contribution is -2.48. The van der Waals surface area contributed by atoms with Gasteiger partial charge in [-0.25, -0.2) is 0 Å². The van der Waals surface area contributed by atoms with Gasteiger partial charge in [-0.3, -0.25) is 9.59 Å². The Kier molecular flexibility index (Phi) is 25.0. The van der Waals surface area contributed by atoms with Gasteiger partial charge in [0.25, 0.3) is 0 Å². The second-order valence-electron chi connectivity index (χ2n) is 12.6. The molecule has 4 nitrogen and oxygen atoms in total. The molecule has 4 heteroatoms. The second kappa shape index (κ2) is 27.1. The SMILES string of the molecule is CCCCCCCCCCCCCCC(=O)NC1CCCC1NC(=O)CCCCCCCCCCCCCC. The average molecular weight is 549 g/mol. The Morgan fingerprint density at radius 3 is 0.974 bits per heavy atom. The van der Waals surface area contributed by atoms with E-state index in [1.165, 1.54) is 128 Å². The third kappa shape index (κ3) is 22.3. The molecule has 2 atom stereocenters. The fraction of sp³-hybridized carbons (Fsp3) is 0.943. The molecule has 2 N–H and O–H groups in total. The highest BCUT2D eigenvalue weighted by atomic mass is 16.2. The van der Waals surface area contributed by atoms with E-state index in [-0.39, 0.29) is 23.9 Å². The summed E-state index contributed by atoms with van der Waals surface area (Å²) in [6, 6.07) is 0.251. The van der Waals surface area contributed by atoms with Crippen LogP contribution >= 0.6 is 0 Å². The Bertz CT molecular complexity index is 517. The van der Waals surface area contributed by atoms with Crippen molar-refractivity contribution in [3.63, 3.8) is 0 Å². The van der Waals surface area contributed by atoms with Crippen molar-refractivity contribution in [1.29, 1.82) is 0 Å². The molecule has 2 amide bonds. The van der Waals surface area contributed by atoms with Crippen LogP contribution in [-0.2, 0) is 9.59 Å². The van der Waals surface area contributed by atoms with Gasteiger partial charge in [0.05, 0.1) is 0 Å². The maximum atomic E-state index is 12.5. The quantitative estimate of drug-likeness (QED) is 0.0955. The van der Waals surface area contributed by atoms with Crippen LogP contribution < -0.4 is 10.6 Å².